The predicted octanol–water partition coefficient (Wildman–Crippen LogP) is 2.70. The molecule has 1 aromatic carbocycles. The van der Waals surface area contributed by atoms with Gasteiger partial charge in [0.15, 0.2) is 0 Å². The largest absolute Gasteiger partial charge is 0.381 e. The topological polar surface area (TPSA) is 102 Å². The summed E-state index contributed by atoms with van der Waals surface area (Å²) < 4.78 is 11.0. The first-order valence-corrected chi connectivity index (χ1v) is 8.43. The van der Waals surface area contributed by atoms with E-state index < -0.39 is 5.54 Å². The van der Waals surface area contributed by atoms with Gasteiger partial charge in [0.25, 0.3) is 0 Å². The zero-order valence-electron chi connectivity index (χ0n) is 14.3. The second-order valence-electron chi connectivity index (χ2n) is 6.58. The van der Waals surface area contributed by atoms with Crippen LogP contribution in [-0.4, -0.2) is 41.2 Å². The minimum atomic E-state index is -0.857. The predicted molar refractivity (Wildman–Crippen MR) is 104 cm³/mol. The Balaban J connectivity index is 0.00000121. The van der Waals surface area contributed by atoms with Gasteiger partial charge in [-0.1, -0.05) is 0 Å². The van der Waals surface area contributed by atoms with E-state index in [1.807, 2.05) is 18.2 Å². The van der Waals surface area contributed by atoms with Crippen molar-refractivity contribution in [1.82, 2.24) is 9.97 Å². The molecule has 2 aliphatic rings. The molecule has 2 saturated heterocycles. The Labute approximate surface area is 164 Å². The van der Waals surface area contributed by atoms with Crippen molar-refractivity contribution < 1.29 is 14.3 Å². The molecule has 1 amide bonds. The number of rotatable bonds is 3. The Morgan fingerprint density at radius 2 is 2.04 bits per heavy atom. The van der Waals surface area contributed by atoms with Crippen LogP contribution in [0, 0.1) is 0 Å². The van der Waals surface area contributed by atoms with Gasteiger partial charge in [0.1, 0.15) is 17.5 Å². The minimum absolute atomic E-state index is 0. The van der Waals surface area contributed by atoms with E-state index in [4.69, 9.17) is 15.2 Å². The summed E-state index contributed by atoms with van der Waals surface area (Å²) in [5.41, 5.74) is 7.83. The average molecular weight is 403 g/mol. The normalized spacial score (nSPS) is 21.7. The number of ether oxygens (including phenoxy) is 2. The number of halogens is 2. The number of imidazole rings is 1. The summed E-state index contributed by atoms with van der Waals surface area (Å²) in [6.07, 6.45) is 3.17. The number of carbonyl (C=O) groups excluding carboxylic acids is 1. The summed E-state index contributed by atoms with van der Waals surface area (Å²) in [5.74, 6) is 0.690. The number of aromatic nitrogens is 2. The minimum Gasteiger partial charge on any atom is -0.381 e. The lowest BCUT2D eigenvalue weighted by molar-refractivity contribution is -0.124. The third-order valence-electron chi connectivity index (χ3n) is 4.83. The number of carbonyl (C=O) groups is 1. The molecule has 1 atom stereocenters. The molecule has 26 heavy (non-hydrogen) atoms. The van der Waals surface area contributed by atoms with Gasteiger partial charge in [-0.3, -0.25) is 4.79 Å². The van der Waals surface area contributed by atoms with E-state index in [0.29, 0.717) is 31.7 Å². The van der Waals surface area contributed by atoms with Gasteiger partial charge >= 0.3 is 0 Å². The summed E-state index contributed by atoms with van der Waals surface area (Å²) in [5, 5.41) is 2.92. The van der Waals surface area contributed by atoms with E-state index in [9.17, 15) is 4.79 Å². The van der Waals surface area contributed by atoms with Crippen molar-refractivity contribution in [3.8, 4) is 0 Å². The third-order valence-corrected chi connectivity index (χ3v) is 4.83. The van der Waals surface area contributed by atoms with Crippen LogP contribution < -0.4 is 11.1 Å². The molecular formula is C17H24Cl2N4O3. The quantitative estimate of drug-likeness (QED) is 0.732. The molecule has 144 valence electrons. The molecule has 3 heterocycles. The summed E-state index contributed by atoms with van der Waals surface area (Å²) >= 11 is 0. The van der Waals surface area contributed by atoms with Crippen molar-refractivity contribution in [1.29, 1.82) is 0 Å². The molecule has 4 N–H and O–H groups in total. The van der Waals surface area contributed by atoms with Crippen LogP contribution in [0.25, 0.3) is 11.0 Å². The van der Waals surface area contributed by atoms with Crippen molar-refractivity contribution in [2.24, 2.45) is 5.73 Å². The number of nitrogens with zero attached hydrogens (tertiary/aromatic N) is 1. The van der Waals surface area contributed by atoms with Crippen LogP contribution in [0.5, 0.6) is 0 Å². The zero-order valence-corrected chi connectivity index (χ0v) is 16.0. The van der Waals surface area contributed by atoms with E-state index in [-0.39, 0.29) is 36.8 Å². The Morgan fingerprint density at radius 3 is 2.73 bits per heavy atom. The van der Waals surface area contributed by atoms with Gasteiger partial charge in [-0.05, 0) is 43.9 Å². The fourth-order valence-corrected chi connectivity index (χ4v) is 3.27. The van der Waals surface area contributed by atoms with Crippen molar-refractivity contribution in [2.75, 3.05) is 25.1 Å². The molecule has 0 aliphatic carbocycles. The van der Waals surface area contributed by atoms with Crippen LogP contribution in [-0.2, 0) is 14.3 Å². The van der Waals surface area contributed by atoms with Crippen LogP contribution in [0.2, 0.25) is 0 Å². The number of anilines is 1. The van der Waals surface area contributed by atoms with E-state index in [1.165, 1.54) is 0 Å². The second-order valence-corrected chi connectivity index (χ2v) is 6.58. The molecule has 9 heteroatoms. The summed E-state index contributed by atoms with van der Waals surface area (Å²) in [6, 6.07) is 5.64. The standard InChI is InChI=1S/C17H22N4O3.2ClH/c18-17(5-8-23-9-6-17)16(22)19-11-3-4-12-13(10-11)21-15(20-12)14-2-1-7-24-14;;/h3-4,10,14H,1-2,5-9,18H2,(H,19,22)(H,20,21);2*1H. The number of amides is 1. The van der Waals surface area contributed by atoms with Crippen molar-refractivity contribution in [3.63, 3.8) is 0 Å². The first-order chi connectivity index (χ1) is 11.6. The summed E-state index contributed by atoms with van der Waals surface area (Å²) in [4.78, 5) is 20.4. The fourth-order valence-electron chi connectivity index (χ4n) is 3.27. The van der Waals surface area contributed by atoms with Crippen LogP contribution in [0.3, 0.4) is 0 Å². The average Bonchev–Trinajstić information content (AvgIpc) is 3.24. The lowest BCUT2D eigenvalue weighted by atomic mass is 9.90. The first kappa shape index (κ1) is 20.9. The Morgan fingerprint density at radius 1 is 1.27 bits per heavy atom. The van der Waals surface area contributed by atoms with Gasteiger partial charge in [-0.15, -0.1) is 24.8 Å². The number of nitrogens with two attached hydrogens (primary N) is 1. The maximum atomic E-state index is 12.5. The molecule has 0 saturated carbocycles. The molecule has 0 radical (unpaired) electrons. The maximum Gasteiger partial charge on any atom is 0.244 e. The summed E-state index contributed by atoms with van der Waals surface area (Å²) in [6.45, 7) is 1.83. The Kier molecular flexibility index (Phi) is 6.87. The van der Waals surface area contributed by atoms with Crippen LogP contribution in [0.15, 0.2) is 18.2 Å². The van der Waals surface area contributed by atoms with Gasteiger partial charge in [-0.25, -0.2) is 4.98 Å². The molecule has 0 bridgehead atoms. The van der Waals surface area contributed by atoms with E-state index in [0.717, 1.165) is 36.3 Å². The Bertz CT molecular complexity index is 756. The van der Waals surface area contributed by atoms with E-state index in [1.54, 1.807) is 0 Å². The first-order valence-electron chi connectivity index (χ1n) is 8.43. The molecule has 2 fully saturated rings. The van der Waals surface area contributed by atoms with E-state index in [2.05, 4.69) is 15.3 Å². The third kappa shape index (κ3) is 4.13. The van der Waals surface area contributed by atoms with Gasteiger partial charge in [0.2, 0.25) is 5.91 Å². The van der Waals surface area contributed by atoms with E-state index >= 15 is 0 Å². The number of hydrogen-bond acceptors (Lipinski definition) is 5. The molecule has 2 aliphatic heterocycles. The highest BCUT2D eigenvalue weighted by Gasteiger charge is 2.36. The lowest BCUT2D eigenvalue weighted by Gasteiger charge is -2.31. The van der Waals surface area contributed by atoms with Gasteiger partial charge < -0.3 is 25.5 Å². The molecule has 1 aromatic heterocycles. The molecule has 2 aromatic rings. The van der Waals surface area contributed by atoms with Gasteiger partial charge in [0.05, 0.1) is 11.0 Å². The van der Waals surface area contributed by atoms with Gasteiger partial charge in [0, 0.05) is 25.5 Å². The highest BCUT2D eigenvalue weighted by molar-refractivity contribution is 5.99. The number of H-pyrrole nitrogens is 1. The molecule has 0 spiro atoms. The fraction of sp³-hybridized carbons (Fsp3) is 0.529. The smallest absolute Gasteiger partial charge is 0.244 e. The zero-order chi connectivity index (χ0) is 16.6. The molecular weight excluding hydrogens is 379 g/mol. The number of fused-ring (bicyclic) bond motifs is 1. The highest BCUT2D eigenvalue weighted by atomic mass is 35.5. The van der Waals surface area contributed by atoms with Crippen LogP contribution >= 0.6 is 24.8 Å². The van der Waals surface area contributed by atoms with Crippen molar-refractivity contribution in [2.45, 2.75) is 37.3 Å². The Hall–Kier alpha value is -1.38. The van der Waals surface area contributed by atoms with Crippen LogP contribution in [0.1, 0.15) is 37.6 Å². The van der Waals surface area contributed by atoms with Crippen molar-refractivity contribution in [3.05, 3.63) is 24.0 Å². The number of aromatic amines is 1. The number of benzene rings is 1. The monoisotopic (exact) mass is 402 g/mol. The second kappa shape index (κ2) is 8.54. The maximum absolute atomic E-state index is 12.5. The lowest BCUT2D eigenvalue weighted by Crippen LogP contribution is -2.54. The number of hydrogen-bond donors (Lipinski definition) is 3. The molecule has 7 nitrogen and oxygen atoms in total. The molecule has 4 rings (SSSR count). The molecule has 1 unspecified atom stereocenters. The van der Waals surface area contributed by atoms with Gasteiger partial charge in [-0.2, -0.15) is 0 Å². The van der Waals surface area contributed by atoms with Crippen LogP contribution in [0.4, 0.5) is 5.69 Å². The summed E-state index contributed by atoms with van der Waals surface area (Å²) in [7, 11) is 0. The van der Waals surface area contributed by atoms with Crippen molar-refractivity contribution >= 4 is 47.4 Å². The SMILES string of the molecule is Cl.Cl.NC1(C(=O)Nc2ccc3nc(C4CCCO4)[nH]c3c2)CCOCC1. The highest BCUT2D eigenvalue weighted by Crippen LogP contribution is 2.29. The number of nitrogens with one attached hydrogen (secondary N) is 2.